The van der Waals surface area contributed by atoms with Gasteiger partial charge in [0.25, 0.3) is 0 Å². The van der Waals surface area contributed by atoms with Crippen LogP contribution >= 0.6 is 0 Å². The second kappa shape index (κ2) is 8.44. The average Bonchev–Trinajstić information content (AvgIpc) is 2.96. The molecule has 0 heterocycles. The van der Waals surface area contributed by atoms with E-state index in [1.807, 2.05) is 20.8 Å². The summed E-state index contributed by atoms with van der Waals surface area (Å²) in [5.41, 5.74) is -4.59. The second-order valence-electron chi connectivity index (χ2n) is 14.8. The van der Waals surface area contributed by atoms with Gasteiger partial charge in [-0.05, 0) is 89.4 Å². The van der Waals surface area contributed by atoms with Crippen molar-refractivity contribution in [3.63, 3.8) is 0 Å². The summed E-state index contributed by atoms with van der Waals surface area (Å²) in [4.78, 5) is 26.2. The highest BCUT2D eigenvalue weighted by molar-refractivity contribution is 5.92. The number of hydrogen-bond acceptors (Lipinski definition) is 7. The largest absolute Gasteiger partial charge is 0.393 e. The van der Waals surface area contributed by atoms with Gasteiger partial charge in [0.05, 0.1) is 17.8 Å². The molecule has 7 heteroatoms. The van der Waals surface area contributed by atoms with E-state index in [1.165, 1.54) is 6.92 Å². The number of rotatable bonds is 5. The number of carbonyl (C=O) groups excluding carboxylic acids is 2. The van der Waals surface area contributed by atoms with Crippen molar-refractivity contribution in [1.29, 1.82) is 0 Å². The molecule has 7 nitrogen and oxygen atoms in total. The van der Waals surface area contributed by atoms with Crippen LogP contribution in [-0.4, -0.2) is 66.6 Å². The van der Waals surface area contributed by atoms with Crippen LogP contribution in [0, 0.1) is 39.4 Å². The topological polar surface area (TPSA) is 135 Å². The summed E-state index contributed by atoms with van der Waals surface area (Å²) in [7, 11) is 0. The van der Waals surface area contributed by atoms with Crippen LogP contribution in [0.3, 0.4) is 0 Å². The standard InChI is InChI=1S/C30H48O7/c1-25(2,36)12-11-21(33)30(8,37)23-19(32)14-27(5)20-10-9-16-17(13-18(31)24(35)26(16,3)4)29(20,7)22(34)15-28(23,27)6/h9,17-20,22-23,31-32,34,36-37H,10-15H2,1-8H3/t17-,18+,19-,20+,22?,23?,27+,28-,29+,30+/m1/s1. The van der Waals surface area contributed by atoms with E-state index >= 15 is 0 Å². The van der Waals surface area contributed by atoms with Gasteiger partial charge in [0, 0.05) is 23.2 Å². The minimum atomic E-state index is -1.82. The Morgan fingerprint density at radius 2 is 1.59 bits per heavy atom. The zero-order valence-electron chi connectivity index (χ0n) is 23.8. The quantitative estimate of drug-likeness (QED) is 0.352. The van der Waals surface area contributed by atoms with Crippen molar-refractivity contribution in [2.75, 3.05) is 0 Å². The van der Waals surface area contributed by atoms with Gasteiger partial charge in [0.15, 0.2) is 11.6 Å². The highest BCUT2D eigenvalue weighted by Crippen LogP contribution is 2.75. The number of aliphatic hydroxyl groups is 5. The first-order valence-electron chi connectivity index (χ1n) is 13.9. The minimum Gasteiger partial charge on any atom is -0.393 e. The third-order valence-corrected chi connectivity index (χ3v) is 11.8. The molecule has 0 amide bonds. The van der Waals surface area contributed by atoms with Gasteiger partial charge >= 0.3 is 0 Å². The Labute approximate surface area is 221 Å². The fourth-order valence-electron chi connectivity index (χ4n) is 9.52. The lowest BCUT2D eigenvalue weighted by atomic mass is 9.38. The molecule has 0 spiro atoms. The molecule has 3 saturated carbocycles. The lowest BCUT2D eigenvalue weighted by Crippen LogP contribution is -2.66. The van der Waals surface area contributed by atoms with Crippen molar-refractivity contribution >= 4 is 11.6 Å². The van der Waals surface area contributed by atoms with Crippen LogP contribution < -0.4 is 0 Å². The maximum Gasteiger partial charge on any atom is 0.170 e. The highest BCUT2D eigenvalue weighted by Gasteiger charge is 2.74. The van der Waals surface area contributed by atoms with Gasteiger partial charge in [0.1, 0.15) is 11.7 Å². The summed E-state index contributed by atoms with van der Waals surface area (Å²) in [5, 5.41) is 55.9. The fourth-order valence-corrected chi connectivity index (χ4v) is 9.52. The Kier molecular flexibility index (Phi) is 6.59. The molecular formula is C30H48O7. The molecule has 5 N–H and O–H groups in total. The number of ketones is 2. The molecule has 10 atom stereocenters. The van der Waals surface area contributed by atoms with Crippen LogP contribution in [0.5, 0.6) is 0 Å². The van der Waals surface area contributed by atoms with Crippen molar-refractivity contribution in [3.8, 4) is 0 Å². The first-order chi connectivity index (χ1) is 16.7. The van der Waals surface area contributed by atoms with Crippen LogP contribution in [0.4, 0.5) is 0 Å². The molecule has 0 radical (unpaired) electrons. The van der Waals surface area contributed by atoms with Gasteiger partial charge in [-0.3, -0.25) is 9.59 Å². The van der Waals surface area contributed by atoms with Crippen LogP contribution in [0.1, 0.15) is 93.9 Å². The molecule has 4 aliphatic rings. The number of aliphatic hydroxyl groups excluding tert-OH is 3. The average molecular weight is 521 g/mol. The van der Waals surface area contributed by atoms with Gasteiger partial charge in [-0.15, -0.1) is 0 Å². The predicted octanol–water partition coefficient (Wildman–Crippen LogP) is 2.94. The molecule has 4 aliphatic carbocycles. The number of hydrogen-bond donors (Lipinski definition) is 5. The molecule has 0 saturated heterocycles. The van der Waals surface area contributed by atoms with Crippen LogP contribution in [0.2, 0.25) is 0 Å². The first-order valence-corrected chi connectivity index (χ1v) is 13.9. The molecule has 0 aromatic heterocycles. The molecule has 0 aliphatic heterocycles. The van der Waals surface area contributed by atoms with E-state index in [9.17, 15) is 35.1 Å². The highest BCUT2D eigenvalue weighted by atomic mass is 16.3. The van der Waals surface area contributed by atoms with Crippen LogP contribution in [-0.2, 0) is 9.59 Å². The van der Waals surface area contributed by atoms with Gasteiger partial charge in [-0.2, -0.15) is 0 Å². The Balaban J connectivity index is 1.76. The zero-order valence-corrected chi connectivity index (χ0v) is 23.8. The summed E-state index contributed by atoms with van der Waals surface area (Å²) in [5.74, 6) is -1.64. The first kappa shape index (κ1) is 28.9. The molecule has 3 fully saturated rings. The minimum absolute atomic E-state index is 0.00855. The summed E-state index contributed by atoms with van der Waals surface area (Å²) in [6.45, 7) is 14.6. The lowest BCUT2D eigenvalue weighted by molar-refractivity contribution is -0.216. The van der Waals surface area contributed by atoms with Crippen molar-refractivity contribution in [2.24, 2.45) is 39.4 Å². The molecule has 0 aromatic carbocycles. The van der Waals surface area contributed by atoms with Gasteiger partial charge in [-0.25, -0.2) is 0 Å². The predicted molar refractivity (Wildman–Crippen MR) is 139 cm³/mol. The maximum absolute atomic E-state index is 13.3. The van der Waals surface area contributed by atoms with Crippen molar-refractivity contribution in [1.82, 2.24) is 0 Å². The summed E-state index contributed by atoms with van der Waals surface area (Å²) < 4.78 is 0. The van der Waals surface area contributed by atoms with E-state index in [4.69, 9.17) is 0 Å². The van der Waals surface area contributed by atoms with Crippen molar-refractivity contribution in [2.45, 2.75) is 123 Å². The molecule has 210 valence electrons. The Morgan fingerprint density at radius 3 is 2.16 bits per heavy atom. The van der Waals surface area contributed by atoms with E-state index < -0.39 is 62.9 Å². The SMILES string of the molecule is CC(C)(O)CCC(=O)[C@](C)(O)C1[C@H](O)C[C@@]2(C)[C@@H]3CC=C4[C@@H](C[C@H](O)C(=O)C4(C)C)[C@]3(C)C(O)C[C@]12C. The fraction of sp³-hybridized carbons (Fsp3) is 0.867. The monoisotopic (exact) mass is 520 g/mol. The number of allylic oxidation sites excluding steroid dienone is 2. The molecule has 2 unspecified atom stereocenters. The number of carbonyl (C=O) groups is 2. The Hall–Kier alpha value is -1.12. The molecule has 0 aromatic rings. The third-order valence-electron chi connectivity index (χ3n) is 11.8. The maximum atomic E-state index is 13.3. The Morgan fingerprint density at radius 1 is 1.00 bits per heavy atom. The summed E-state index contributed by atoms with van der Waals surface area (Å²) in [6.07, 6.45) is 1.05. The second-order valence-corrected chi connectivity index (χ2v) is 14.8. The smallest absolute Gasteiger partial charge is 0.170 e. The number of fused-ring (bicyclic) bond motifs is 5. The van der Waals surface area contributed by atoms with Gasteiger partial charge in [0.2, 0.25) is 0 Å². The van der Waals surface area contributed by atoms with Crippen molar-refractivity contribution < 1.29 is 35.1 Å². The Bertz CT molecular complexity index is 1010. The number of Topliss-reactive ketones (excluding diaryl/α,β-unsaturated/α-hetero) is 2. The zero-order chi connectivity index (χ0) is 28.1. The normalized spacial score (nSPS) is 46.8. The van der Waals surface area contributed by atoms with E-state index in [0.29, 0.717) is 19.3 Å². The molecule has 0 bridgehead atoms. The molecular weight excluding hydrogens is 472 g/mol. The molecule has 37 heavy (non-hydrogen) atoms. The lowest BCUT2D eigenvalue weighted by Gasteiger charge is -2.67. The van der Waals surface area contributed by atoms with Crippen LogP contribution in [0.15, 0.2) is 11.6 Å². The van der Waals surface area contributed by atoms with E-state index in [-0.39, 0.29) is 36.9 Å². The summed E-state index contributed by atoms with van der Waals surface area (Å²) >= 11 is 0. The molecule has 4 rings (SSSR count). The van der Waals surface area contributed by atoms with E-state index in [2.05, 4.69) is 19.9 Å². The van der Waals surface area contributed by atoms with Gasteiger partial charge < -0.3 is 25.5 Å². The van der Waals surface area contributed by atoms with E-state index in [0.717, 1.165) is 5.57 Å². The summed E-state index contributed by atoms with van der Waals surface area (Å²) in [6, 6.07) is 0. The van der Waals surface area contributed by atoms with Gasteiger partial charge in [-0.1, -0.05) is 32.4 Å². The van der Waals surface area contributed by atoms with Crippen molar-refractivity contribution in [3.05, 3.63) is 11.6 Å². The van der Waals surface area contributed by atoms with E-state index in [1.54, 1.807) is 13.8 Å². The van der Waals surface area contributed by atoms with Crippen LogP contribution in [0.25, 0.3) is 0 Å². The third kappa shape index (κ3) is 3.86.